The van der Waals surface area contributed by atoms with E-state index in [-0.39, 0.29) is 17.2 Å². The number of fused-ring (bicyclic) bond motifs is 1. The Morgan fingerprint density at radius 2 is 1.89 bits per heavy atom. The summed E-state index contributed by atoms with van der Waals surface area (Å²) in [7, 11) is -1.58. The van der Waals surface area contributed by atoms with Crippen LogP contribution in [0.4, 0.5) is 24.7 Å². The number of alkyl halides is 3. The zero-order valence-electron chi connectivity index (χ0n) is 19.4. The number of hydrogen-bond donors (Lipinski definition) is 2. The fraction of sp³-hybridized carbons (Fsp3) is 0.333. The molecule has 3 N–H and O–H groups in total. The Balaban J connectivity index is 1.78. The summed E-state index contributed by atoms with van der Waals surface area (Å²) in [5.41, 5.74) is 7.43. The van der Waals surface area contributed by atoms with Crippen LogP contribution in [0.3, 0.4) is 0 Å². The van der Waals surface area contributed by atoms with Crippen LogP contribution in [0.15, 0.2) is 36.4 Å². The van der Waals surface area contributed by atoms with Crippen LogP contribution in [-0.4, -0.2) is 37.0 Å². The summed E-state index contributed by atoms with van der Waals surface area (Å²) in [5, 5.41) is 3.83. The maximum Gasteiger partial charge on any atom is 0.416 e. The number of nitrogen functional groups attached to an aromatic ring is 1. The first kappa shape index (κ1) is 24.8. The minimum absolute atomic E-state index is 0.0124. The average Bonchev–Trinajstić information content (AvgIpc) is 2.77. The van der Waals surface area contributed by atoms with Gasteiger partial charge in [-0.2, -0.15) is 13.2 Å². The number of anilines is 2. The normalized spacial score (nSPS) is 16.6. The Kier molecular flexibility index (Phi) is 6.39. The highest BCUT2D eigenvalue weighted by atomic mass is 32.2. The monoisotopic (exact) mass is 506 g/mol. The number of sulfone groups is 1. The molecule has 0 saturated carbocycles. The third-order valence-corrected chi connectivity index (χ3v) is 7.40. The standard InChI is InChI=1S/C24H25F3N4O3S/c1-13(16-8-17(24(25,26)27)10-18(28)9-16)29-23-20-11-19(15-4-6-35(32,33)7-5-15)22(34-3)12-21(20)30-14(2)31-23/h4,8-13H,5-7,28H2,1-3H3,(H,29,30,31)/t13-/m1/s1. The van der Waals surface area contributed by atoms with Crippen molar-refractivity contribution in [3.63, 3.8) is 0 Å². The van der Waals surface area contributed by atoms with E-state index < -0.39 is 27.6 Å². The summed E-state index contributed by atoms with van der Waals surface area (Å²) in [6.07, 6.45) is -2.49. The average molecular weight is 507 g/mol. The molecule has 0 saturated heterocycles. The SMILES string of the molecule is COc1cc2nc(C)nc(N[C@H](C)c3cc(N)cc(C(F)(F)F)c3)c2cc1C1=CCS(=O)(=O)CC1. The van der Waals surface area contributed by atoms with Crippen LogP contribution in [0, 0.1) is 6.92 Å². The van der Waals surface area contributed by atoms with Crippen LogP contribution in [0.2, 0.25) is 0 Å². The van der Waals surface area contributed by atoms with Crippen molar-refractivity contribution in [1.82, 2.24) is 9.97 Å². The lowest BCUT2D eigenvalue weighted by molar-refractivity contribution is -0.137. The van der Waals surface area contributed by atoms with Crippen molar-refractivity contribution in [3.8, 4) is 5.75 Å². The van der Waals surface area contributed by atoms with E-state index in [2.05, 4.69) is 15.3 Å². The van der Waals surface area contributed by atoms with E-state index >= 15 is 0 Å². The summed E-state index contributed by atoms with van der Waals surface area (Å²) < 4.78 is 69.2. The van der Waals surface area contributed by atoms with Crippen molar-refractivity contribution >= 4 is 37.8 Å². The number of benzene rings is 2. The number of aryl methyl sites for hydroxylation is 1. The van der Waals surface area contributed by atoms with Gasteiger partial charge >= 0.3 is 6.18 Å². The van der Waals surface area contributed by atoms with Gasteiger partial charge in [-0.3, -0.25) is 0 Å². The molecule has 3 aromatic rings. The molecule has 0 aliphatic carbocycles. The van der Waals surface area contributed by atoms with Crippen molar-refractivity contribution in [3.05, 3.63) is 58.9 Å². The first-order chi connectivity index (χ1) is 16.4. The summed E-state index contributed by atoms with van der Waals surface area (Å²) in [6, 6.07) is 6.48. The molecule has 0 fully saturated rings. The van der Waals surface area contributed by atoms with Gasteiger partial charge < -0.3 is 15.8 Å². The lowest BCUT2D eigenvalue weighted by atomic mass is 9.99. The zero-order chi connectivity index (χ0) is 25.5. The molecule has 7 nitrogen and oxygen atoms in total. The molecule has 0 unspecified atom stereocenters. The first-order valence-electron chi connectivity index (χ1n) is 10.9. The third kappa shape index (κ3) is 5.34. The van der Waals surface area contributed by atoms with Gasteiger partial charge in [0.25, 0.3) is 0 Å². The van der Waals surface area contributed by atoms with Crippen LogP contribution in [0.25, 0.3) is 16.5 Å². The Hall–Kier alpha value is -3.34. The molecule has 1 aromatic heterocycles. The van der Waals surface area contributed by atoms with E-state index in [0.717, 1.165) is 23.3 Å². The molecule has 0 spiro atoms. The smallest absolute Gasteiger partial charge is 0.416 e. The van der Waals surface area contributed by atoms with Crippen LogP contribution in [0.5, 0.6) is 5.75 Å². The van der Waals surface area contributed by atoms with Crippen molar-refractivity contribution in [1.29, 1.82) is 0 Å². The van der Waals surface area contributed by atoms with Crippen LogP contribution >= 0.6 is 0 Å². The van der Waals surface area contributed by atoms with Crippen molar-refractivity contribution in [2.24, 2.45) is 0 Å². The number of rotatable bonds is 5. The highest BCUT2D eigenvalue weighted by molar-refractivity contribution is 7.91. The number of hydrogen-bond acceptors (Lipinski definition) is 7. The predicted octanol–water partition coefficient (Wildman–Crippen LogP) is 4.92. The number of nitrogens with two attached hydrogens (primary N) is 1. The Labute approximate surface area is 201 Å². The molecule has 0 radical (unpaired) electrons. The molecule has 186 valence electrons. The van der Waals surface area contributed by atoms with Gasteiger partial charge in [0.15, 0.2) is 9.84 Å². The zero-order valence-corrected chi connectivity index (χ0v) is 20.2. The molecule has 0 bridgehead atoms. The van der Waals surface area contributed by atoms with Gasteiger partial charge in [-0.15, -0.1) is 0 Å². The van der Waals surface area contributed by atoms with E-state index in [4.69, 9.17) is 10.5 Å². The molecule has 1 atom stereocenters. The lowest BCUT2D eigenvalue weighted by Crippen LogP contribution is -2.15. The fourth-order valence-electron chi connectivity index (χ4n) is 4.10. The van der Waals surface area contributed by atoms with Crippen LogP contribution in [-0.2, 0) is 16.0 Å². The van der Waals surface area contributed by atoms with E-state index in [1.165, 1.54) is 13.2 Å². The predicted molar refractivity (Wildman–Crippen MR) is 130 cm³/mol. The molecule has 2 aromatic carbocycles. The van der Waals surface area contributed by atoms with Gasteiger partial charge in [0.2, 0.25) is 0 Å². The summed E-state index contributed by atoms with van der Waals surface area (Å²) in [5.74, 6) is 1.44. The molecule has 2 heterocycles. The van der Waals surface area contributed by atoms with Crippen LogP contribution in [0.1, 0.15) is 41.9 Å². The highest BCUT2D eigenvalue weighted by Crippen LogP contribution is 2.37. The van der Waals surface area contributed by atoms with Gasteiger partial charge in [-0.1, -0.05) is 6.08 Å². The molecule has 1 aliphatic heterocycles. The number of nitrogens with one attached hydrogen (secondary N) is 1. The Morgan fingerprint density at radius 1 is 1.14 bits per heavy atom. The maximum absolute atomic E-state index is 13.3. The largest absolute Gasteiger partial charge is 0.496 e. The fourth-order valence-corrected chi connectivity index (χ4v) is 5.26. The summed E-state index contributed by atoms with van der Waals surface area (Å²) in [6.45, 7) is 3.43. The number of halogens is 3. The number of ether oxygens (including phenoxy) is 1. The first-order valence-corrected chi connectivity index (χ1v) is 12.7. The Bertz CT molecular complexity index is 1440. The molecule has 11 heteroatoms. The topological polar surface area (TPSA) is 107 Å². The molecule has 0 amide bonds. The number of methoxy groups -OCH3 is 1. The van der Waals surface area contributed by atoms with Crippen molar-refractivity contribution in [2.75, 3.05) is 29.7 Å². The Morgan fingerprint density at radius 3 is 2.51 bits per heavy atom. The second kappa shape index (κ2) is 9.03. The van der Waals surface area contributed by atoms with Gasteiger partial charge in [0.05, 0.1) is 35.7 Å². The minimum atomic E-state index is -4.52. The summed E-state index contributed by atoms with van der Waals surface area (Å²) in [4.78, 5) is 8.97. The second-order valence-corrected chi connectivity index (χ2v) is 10.8. The van der Waals surface area contributed by atoms with Gasteiger partial charge in [-0.25, -0.2) is 18.4 Å². The highest BCUT2D eigenvalue weighted by Gasteiger charge is 2.31. The van der Waals surface area contributed by atoms with Gasteiger partial charge in [0, 0.05) is 22.7 Å². The summed E-state index contributed by atoms with van der Waals surface area (Å²) >= 11 is 0. The van der Waals surface area contributed by atoms with E-state index in [1.54, 1.807) is 26.0 Å². The second-order valence-electron chi connectivity index (χ2n) is 8.53. The third-order valence-electron chi connectivity index (χ3n) is 5.90. The van der Waals surface area contributed by atoms with E-state index in [0.29, 0.717) is 40.3 Å². The van der Waals surface area contributed by atoms with Crippen molar-refractivity contribution < 1.29 is 26.3 Å². The van der Waals surface area contributed by atoms with Crippen molar-refractivity contribution in [2.45, 2.75) is 32.5 Å². The molecular weight excluding hydrogens is 481 g/mol. The number of aromatic nitrogens is 2. The quantitative estimate of drug-likeness (QED) is 0.473. The molecule has 1 aliphatic rings. The van der Waals surface area contributed by atoms with Gasteiger partial charge in [0.1, 0.15) is 17.4 Å². The lowest BCUT2D eigenvalue weighted by Gasteiger charge is -2.21. The van der Waals surface area contributed by atoms with Gasteiger partial charge in [-0.05, 0) is 55.7 Å². The molecular formula is C24H25F3N4O3S. The van der Waals surface area contributed by atoms with Crippen LogP contribution < -0.4 is 15.8 Å². The number of allylic oxidation sites excluding steroid dienone is 1. The van der Waals surface area contributed by atoms with E-state index in [1.807, 2.05) is 6.07 Å². The minimum Gasteiger partial charge on any atom is -0.496 e. The number of nitrogens with zero attached hydrogens (tertiary/aromatic N) is 2. The maximum atomic E-state index is 13.3. The van der Waals surface area contributed by atoms with E-state index in [9.17, 15) is 21.6 Å². The molecule has 35 heavy (non-hydrogen) atoms. The molecule has 4 rings (SSSR count).